The summed E-state index contributed by atoms with van der Waals surface area (Å²) in [4.78, 5) is 8.90. The molecule has 4 heteroatoms. The van der Waals surface area contributed by atoms with Crippen molar-refractivity contribution in [1.29, 1.82) is 5.26 Å². The maximum atomic E-state index is 8.93. The highest BCUT2D eigenvalue weighted by molar-refractivity contribution is 5.55. The van der Waals surface area contributed by atoms with Crippen molar-refractivity contribution in [2.75, 3.05) is 6.61 Å². The zero-order valence-electron chi connectivity index (χ0n) is 14.5. The third-order valence-electron chi connectivity index (χ3n) is 4.05. The molecule has 24 heavy (non-hydrogen) atoms. The summed E-state index contributed by atoms with van der Waals surface area (Å²) in [5.74, 6) is 1.62. The Morgan fingerprint density at radius 1 is 1.12 bits per heavy atom. The number of aromatic nitrogens is 2. The van der Waals surface area contributed by atoms with E-state index in [4.69, 9.17) is 10.00 Å². The summed E-state index contributed by atoms with van der Waals surface area (Å²) in [6, 6.07) is 10.1. The monoisotopic (exact) mass is 323 g/mol. The molecule has 1 aromatic carbocycles. The van der Waals surface area contributed by atoms with Crippen LogP contribution in [0, 0.1) is 17.2 Å². The van der Waals surface area contributed by atoms with Crippen LogP contribution in [0.3, 0.4) is 0 Å². The Morgan fingerprint density at radius 3 is 2.42 bits per heavy atom. The number of aryl methyl sites for hydroxylation is 1. The summed E-state index contributed by atoms with van der Waals surface area (Å²) >= 11 is 0. The lowest BCUT2D eigenvalue weighted by Crippen LogP contribution is -2.04. The number of nitriles is 1. The van der Waals surface area contributed by atoms with Crippen LogP contribution < -0.4 is 4.74 Å². The fourth-order valence-corrected chi connectivity index (χ4v) is 2.39. The van der Waals surface area contributed by atoms with Gasteiger partial charge in [-0.2, -0.15) is 5.26 Å². The van der Waals surface area contributed by atoms with Crippen molar-refractivity contribution in [2.45, 2.75) is 46.0 Å². The van der Waals surface area contributed by atoms with Crippen LogP contribution in [0.4, 0.5) is 0 Å². The van der Waals surface area contributed by atoms with Crippen molar-refractivity contribution in [3.8, 4) is 23.2 Å². The number of unbranched alkanes of at least 4 members (excludes halogenated alkanes) is 1. The van der Waals surface area contributed by atoms with Gasteiger partial charge < -0.3 is 4.74 Å². The predicted octanol–water partition coefficient (Wildman–Crippen LogP) is 4.80. The molecule has 0 radical (unpaired) electrons. The quantitative estimate of drug-likeness (QED) is 0.665. The van der Waals surface area contributed by atoms with Crippen LogP contribution in [0.2, 0.25) is 0 Å². The first-order valence-corrected chi connectivity index (χ1v) is 8.70. The molecule has 0 amide bonds. The molecule has 0 aliphatic heterocycles. The van der Waals surface area contributed by atoms with Crippen molar-refractivity contribution in [1.82, 2.24) is 9.97 Å². The first kappa shape index (κ1) is 17.9. The summed E-state index contributed by atoms with van der Waals surface area (Å²) in [6.45, 7) is 4.77. The van der Waals surface area contributed by atoms with E-state index < -0.39 is 0 Å². The molecule has 0 N–H and O–H groups in total. The highest BCUT2D eigenvalue weighted by Gasteiger charge is 2.05. The molecule has 4 nitrogen and oxygen atoms in total. The van der Waals surface area contributed by atoms with Crippen LogP contribution >= 0.6 is 0 Å². The van der Waals surface area contributed by atoms with Crippen LogP contribution in [0.25, 0.3) is 11.4 Å². The van der Waals surface area contributed by atoms with E-state index in [9.17, 15) is 0 Å². The maximum Gasteiger partial charge on any atom is 0.159 e. The van der Waals surface area contributed by atoms with E-state index >= 15 is 0 Å². The Balaban J connectivity index is 1.90. The molecule has 2 rings (SSSR count). The molecule has 0 saturated heterocycles. The highest BCUT2D eigenvalue weighted by atomic mass is 16.5. The normalized spacial score (nSPS) is 11.7. The van der Waals surface area contributed by atoms with E-state index in [1.165, 1.54) is 18.4 Å². The first-order valence-electron chi connectivity index (χ1n) is 8.70. The third kappa shape index (κ3) is 5.34. The summed E-state index contributed by atoms with van der Waals surface area (Å²) < 4.78 is 5.70. The summed E-state index contributed by atoms with van der Waals surface area (Å²) in [6.07, 6.45) is 8.83. The Bertz CT molecular complexity index is 644. The summed E-state index contributed by atoms with van der Waals surface area (Å²) in [5.41, 5.74) is 2.16. The van der Waals surface area contributed by atoms with Crippen LogP contribution in [-0.2, 0) is 6.42 Å². The highest BCUT2D eigenvalue weighted by Crippen LogP contribution is 2.20. The van der Waals surface area contributed by atoms with Crippen molar-refractivity contribution >= 4 is 0 Å². The Morgan fingerprint density at radius 2 is 1.83 bits per heavy atom. The van der Waals surface area contributed by atoms with E-state index in [1.807, 2.05) is 43.6 Å². The minimum atomic E-state index is 0.0731. The van der Waals surface area contributed by atoms with Crippen LogP contribution in [0.5, 0.6) is 5.75 Å². The van der Waals surface area contributed by atoms with E-state index in [0.717, 1.165) is 36.4 Å². The molecule has 1 atom stereocenters. The molecule has 1 aromatic heterocycles. The second-order valence-corrected chi connectivity index (χ2v) is 5.91. The van der Waals surface area contributed by atoms with Crippen LogP contribution in [0.1, 0.15) is 45.1 Å². The minimum absolute atomic E-state index is 0.0731. The molecule has 1 unspecified atom stereocenters. The molecule has 0 spiro atoms. The van der Waals surface area contributed by atoms with Crippen LogP contribution in [-0.4, -0.2) is 16.6 Å². The lowest BCUT2D eigenvalue weighted by atomic mass is 10.1. The van der Waals surface area contributed by atoms with Gasteiger partial charge in [0, 0.05) is 23.9 Å². The number of benzene rings is 1. The Hall–Kier alpha value is -2.41. The van der Waals surface area contributed by atoms with Crippen LogP contribution in [0.15, 0.2) is 36.7 Å². The predicted molar refractivity (Wildman–Crippen MR) is 95.6 cm³/mol. The lowest BCUT2D eigenvalue weighted by molar-refractivity contribution is 0.291. The number of hydrogen-bond acceptors (Lipinski definition) is 4. The second-order valence-electron chi connectivity index (χ2n) is 5.91. The van der Waals surface area contributed by atoms with Gasteiger partial charge in [0.25, 0.3) is 0 Å². The van der Waals surface area contributed by atoms with Crippen molar-refractivity contribution in [3.05, 3.63) is 42.2 Å². The zero-order chi connectivity index (χ0) is 17.2. The van der Waals surface area contributed by atoms with E-state index in [2.05, 4.69) is 23.0 Å². The smallest absolute Gasteiger partial charge is 0.159 e. The van der Waals surface area contributed by atoms with Gasteiger partial charge >= 0.3 is 0 Å². The van der Waals surface area contributed by atoms with Gasteiger partial charge in [0.05, 0.1) is 12.7 Å². The first-order chi connectivity index (χ1) is 11.8. The topological polar surface area (TPSA) is 58.8 Å². The zero-order valence-corrected chi connectivity index (χ0v) is 14.5. The fraction of sp³-hybridized carbons (Fsp3) is 0.450. The summed E-state index contributed by atoms with van der Waals surface area (Å²) in [5, 5.41) is 8.93. The Kier molecular flexibility index (Phi) is 7.22. The van der Waals surface area contributed by atoms with E-state index in [0.29, 0.717) is 6.61 Å². The van der Waals surface area contributed by atoms with Crippen molar-refractivity contribution in [2.24, 2.45) is 5.92 Å². The molecule has 0 aliphatic rings. The number of rotatable bonds is 9. The third-order valence-corrected chi connectivity index (χ3v) is 4.05. The van der Waals surface area contributed by atoms with Gasteiger partial charge in [-0.3, -0.25) is 0 Å². The number of hydrogen-bond donors (Lipinski definition) is 0. The van der Waals surface area contributed by atoms with E-state index in [-0.39, 0.29) is 5.92 Å². The van der Waals surface area contributed by atoms with Crippen molar-refractivity contribution in [3.63, 3.8) is 0 Å². The molecule has 2 aromatic rings. The standard InChI is InChI=1S/C20H25N3O/c1-3-5-6-17-14-22-20(23-15-17)18-7-9-19(10-8-18)24-12-11-16(4-2)13-21/h7-10,14-16H,3-6,11-12H2,1-2H3. The molecular weight excluding hydrogens is 298 g/mol. The van der Waals surface area contributed by atoms with Gasteiger partial charge in [-0.15, -0.1) is 0 Å². The molecule has 0 saturated carbocycles. The molecule has 126 valence electrons. The van der Waals surface area contributed by atoms with Gasteiger partial charge in [-0.25, -0.2) is 9.97 Å². The van der Waals surface area contributed by atoms with Gasteiger partial charge in [-0.05, 0) is 55.5 Å². The molecule has 1 heterocycles. The second kappa shape index (κ2) is 9.67. The molecule has 0 bridgehead atoms. The molecular formula is C20H25N3O. The number of ether oxygens (including phenoxy) is 1. The largest absolute Gasteiger partial charge is 0.494 e. The minimum Gasteiger partial charge on any atom is -0.494 e. The average molecular weight is 323 g/mol. The summed E-state index contributed by atoms with van der Waals surface area (Å²) in [7, 11) is 0. The van der Waals surface area contributed by atoms with Gasteiger partial charge in [0.2, 0.25) is 0 Å². The van der Waals surface area contributed by atoms with Gasteiger partial charge in [0.15, 0.2) is 5.82 Å². The lowest BCUT2D eigenvalue weighted by Gasteiger charge is -2.09. The maximum absolute atomic E-state index is 8.93. The number of nitrogens with zero attached hydrogens (tertiary/aromatic N) is 3. The van der Waals surface area contributed by atoms with E-state index in [1.54, 1.807) is 0 Å². The van der Waals surface area contributed by atoms with Gasteiger partial charge in [-0.1, -0.05) is 20.3 Å². The van der Waals surface area contributed by atoms with Crippen molar-refractivity contribution < 1.29 is 4.74 Å². The molecule has 0 aliphatic carbocycles. The average Bonchev–Trinajstić information content (AvgIpc) is 2.64. The molecule has 0 fully saturated rings. The SMILES string of the molecule is CCCCc1cnc(-c2ccc(OCCC(C#N)CC)cc2)nc1. The fourth-order valence-electron chi connectivity index (χ4n) is 2.39. The Labute approximate surface area is 144 Å². The van der Waals surface area contributed by atoms with Gasteiger partial charge in [0.1, 0.15) is 5.75 Å².